The minimum Gasteiger partial charge on any atom is -0.444 e. The maximum Gasteiger partial charge on any atom is 0.410 e. The fourth-order valence-corrected chi connectivity index (χ4v) is 12.0. The van der Waals surface area contributed by atoms with Crippen LogP contribution < -0.4 is 40.8 Å². The zero-order valence-corrected chi connectivity index (χ0v) is 34.2. The van der Waals surface area contributed by atoms with E-state index in [1.54, 1.807) is 0 Å². The highest BCUT2D eigenvalue weighted by molar-refractivity contribution is 7.74. The first kappa shape index (κ1) is 38.4. The van der Waals surface area contributed by atoms with Crippen LogP contribution in [0.15, 0.2) is 97.1 Å². The van der Waals surface area contributed by atoms with E-state index in [1.165, 1.54) is 44.0 Å². The smallest absolute Gasteiger partial charge is 0.410 e. The third kappa shape index (κ3) is 9.56. The predicted octanol–water partition coefficient (Wildman–Crippen LogP) is 6.89. The first-order valence-electron chi connectivity index (χ1n) is 17.8. The molecule has 0 bridgehead atoms. The third-order valence-electron chi connectivity index (χ3n) is 9.42. The molecular weight excluding hydrogens is 668 g/mol. The largest absolute Gasteiger partial charge is 0.444 e. The summed E-state index contributed by atoms with van der Waals surface area (Å²) in [5.74, 6) is 0. The number of amides is 1. The molecular formula is C42H57N5O2P2. The van der Waals surface area contributed by atoms with Crippen molar-refractivity contribution in [2.24, 2.45) is 0 Å². The Bertz CT molecular complexity index is 1620. The Morgan fingerprint density at radius 2 is 0.941 bits per heavy atom. The lowest BCUT2D eigenvalue weighted by molar-refractivity contribution is 0.0242. The molecule has 272 valence electrons. The van der Waals surface area contributed by atoms with Crippen LogP contribution >= 0.6 is 15.8 Å². The number of nitrogens with zero attached hydrogens (tertiary/aromatic N) is 5. The fourth-order valence-electron chi connectivity index (χ4n) is 6.62. The molecule has 1 saturated heterocycles. The number of hydrogen-bond donors (Lipinski definition) is 0. The summed E-state index contributed by atoms with van der Waals surface area (Å²) in [6, 6.07) is 36.2. The molecule has 0 unspecified atom stereocenters. The number of likely N-dealkylation sites (tertiary alicyclic amines) is 1. The van der Waals surface area contributed by atoms with Crippen LogP contribution in [0, 0.1) is 0 Å². The lowest BCUT2D eigenvalue weighted by Crippen LogP contribution is -2.42. The van der Waals surface area contributed by atoms with Crippen LogP contribution in [0.3, 0.4) is 0 Å². The summed E-state index contributed by atoms with van der Waals surface area (Å²) in [5.41, 5.74) is 4.42. The lowest BCUT2D eigenvalue weighted by Gasteiger charge is -2.31. The van der Waals surface area contributed by atoms with Gasteiger partial charge in [-0.2, -0.15) is 0 Å². The van der Waals surface area contributed by atoms with Gasteiger partial charge in [0.05, 0.1) is 0 Å². The second-order valence-electron chi connectivity index (χ2n) is 15.3. The van der Waals surface area contributed by atoms with Gasteiger partial charge in [-0.1, -0.05) is 48.5 Å². The van der Waals surface area contributed by atoms with Gasteiger partial charge in [-0.25, -0.2) is 4.79 Å². The summed E-state index contributed by atoms with van der Waals surface area (Å²) in [6.07, 6.45) is 1.58. The molecule has 0 spiro atoms. The summed E-state index contributed by atoms with van der Waals surface area (Å²) in [6.45, 7) is 6.55. The molecule has 1 heterocycles. The van der Waals surface area contributed by atoms with E-state index < -0.39 is 21.4 Å². The van der Waals surface area contributed by atoms with Crippen LogP contribution in [0.25, 0.3) is 0 Å². The molecule has 0 aliphatic carbocycles. The second-order valence-corrected chi connectivity index (χ2v) is 20.1. The predicted molar refractivity (Wildman–Crippen MR) is 225 cm³/mol. The maximum atomic E-state index is 14.1. The van der Waals surface area contributed by atoms with Gasteiger partial charge in [0.25, 0.3) is 0 Å². The average Bonchev–Trinajstić information content (AvgIpc) is 3.50. The lowest BCUT2D eigenvalue weighted by atomic mass is 10.2. The van der Waals surface area contributed by atoms with E-state index in [4.69, 9.17) is 4.74 Å². The van der Waals surface area contributed by atoms with Gasteiger partial charge in [-0.3, -0.25) is 0 Å². The molecule has 1 fully saturated rings. The first-order chi connectivity index (χ1) is 24.1. The van der Waals surface area contributed by atoms with Crippen molar-refractivity contribution >= 4 is 65.9 Å². The Morgan fingerprint density at radius 1 is 0.608 bits per heavy atom. The van der Waals surface area contributed by atoms with E-state index in [9.17, 15) is 4.79 Å². The highest BCUT2D eigenvalue weighted by atomic mass is 31.1. The van der Waals surface area contributed by atoms with Gasteiger partial charge in [-0.05, 0) is 119 Å². The van der Waals surface area contributed by atoms with E-state index in [-0.39, 0.29) is 17.8 Å². The molecule has 5 rings (SSSR count). The molecule has 0 N–H and O–H groups in total. The summed E-state index contributed by atoms with van der Waals surface area (Å²) < 4.78 is 6.13. The van der Waals surface area contributed by atoms with Crippen molar-refractivity contribution in [2.75, 3.05) is 88.7 Å². The van der Waals surface area contributed by atoms with E-state index in [2.05, 4.69) is 178 Å². The number of ether oxygens (including phenoxy) is 1. The standard InChI is InChI=1S/C42H57N5O2P2/c1-42(2,3)49-41(48)47-29-40(51(38-24-16-33(17-25-38)45(8)9)39-26-18-34(19-27-39)46(10)11)28-35(47)30-50(36-20-12-31(13-21-36)43(4)5)37-22-14-32(15-23-37)44(6)7/h12-27,35,40H,28-30H2,1-11H3/t35-,40-/m0/s1. The molecule has 0 radical (unpaired) electrons. The van der Waals surface area contributed by atoms with Crippen LogP contribution in [-0.2, 0) is 4.74 Å². The molecule has 51 heavy (non-hydrogen) atoms. The minimum absolute atomic E-state index is 0.0325. The van der Waals surface area contributed by atoms with E-state index >= 15 is 0 Å². The van der Waals surface area contributed by atoms with Gasteiger partial charge >= 0.3 is 6.09 Å². The number of rotatable bonds is 11. The molecule has 4 aromatic carbocycles. The summed E-state index contributed by atoms with van der Waals surface area (Å²) >= 11 is 0. The Kier molecular flexibility index (Phi) is 12.3. The molecule has 4 aromatic rings. The quantitative estimate of drug-likeness (QED) is 0.157. The van der Waals surface area contributed by atoms with Gasteiger partial charge in [-0.15, -0.1) is 0 Å². The molecule has 0 aromatic heterocycles. The third-order valence-corrected chi connectivity index (χ3v) is 14.9. The molecule has 7 nitrogen and oxygen atoms in total. The minimum atomic E-state index is -0.774. The van der Waals surface area contributed by atoms with Crippen molar-refractivity contribution in [3.63, 3.8) is 0 Å². The highest BCUT2D eigenvalue weighted by Gasteiger charge is 2.42. The van der Waals surface area contributed by atoms with E-state index in [0.29, 0.717) is 6.54 Å². The average molecular weight is 726 g/mol. The van der Waals surface area contributed by atoms with Gasteiger partial charge in [0.15, 0.2) is 0 Å². The van der Waals surface area contributed by atoms with Crippen molar-refractivity contribution in [3.8, 4) is 0 Å². The number of benzene rings is 4. The zero-order chi connectivity index (χ0) is 37.0. The summed E-state index contributed by atoms with van der Waals surface area (Å²) in [5, 5.41) is 5.32. The maximum absolute atomic E-state index is 14.1. The van der Waals surface area contributed by atoms with Crippen LogP contribution in [0.2, 0.25) is 0 Å². The number of anilines is 4. The zero-order valence-electron chi connectivity index (χ0n) is 32.5. The number of hydrogen-bond acceptors (Lipinski definition) is 6. The summed E-state index contributed by atoms with van der Waals surface area (Å²) in [4.78, 5) is 24.8. The Balaban J connectivity index is 1.57. The van der Waals surface area contributed by atoms with E-state index in [0.717, 1.165) is 12.6 Å². The van der Waals surface area contributed by atoms with Crippen molar-refractivity contribution < 1.29 is 9.53 Å². The highest BCUT2D eigenvalue weighted by Crippen LogP contribution is 2.48. The molecule has 1 amide bonds. The number of carbonyl (C=O) groups excluding carboxylic acids is 1. The van der Waals surface area contributed by atoms with Crippen molar-refractivity contribution in [3.05, 3.63) is 97.1 Å². The number of carbonyl (C=O) groups is 1. The Morgan fingerprint density at radius 3 is 1.25 bits per heavy atom. The summed E-state index contributed by atoms with van der Waals surface area (Å²) in [7, 11) is 15.1. The van der Waals surface area contributed by atoms with Crippen molar-refractivity contribution in [1.29, 1.82) is 0 Å². The Labute approximate surface area is 309 Å². The normalized spacial score (nSPS) is 16.1. The molecule has 9 heteroatoms. The monoisotopic (exact) mass is 725 g/mol. The molecule has 1 aliphatic heterocycles. The SMILES string of the molecule is CN(C)c1ccc(P(C[C@@H]2C[C@H](P(c3ccc(N(C)C)cc3)c3ccc(N(C)C)cc3)CN2C(=O)OC(C)(C)C)c2ccc(N(C)C)cc2)cc1. The Hall–Kier alpha value is -3.79. The van der Waals surface area contributed by atoms with Gasteiger partial charge in [0.1, 0.15) is 5.60 Å². The molecule has 2 atom stereocenters. The van der Waals surface area contributed by atoms with Gasteiger partial charge in [0.2, 0.25) is 0 Å². The van der Waals surface area contributed by atoms with Gasteiger partial charge < -0.3 is 29.2 Å². The van der Waals surface area contributed by atoms with Gasteiger partial charge in [0, 0.05) is 97.4 Å². The van der Waals surface area contributed by atoms with Crippen molar-refractivity contribution in [1.82, 2.24) is 4.90 Å². The molecule has 1 aliphatic rings. The first-order valence-corrected chi connectivity index (χ1v) is 20.7. The van der Waals surface area contributed by atoms with Crippen LogP contribution in [0.5, 0.6) is 0 Å². The molecule has 0 saturated carbocycles. The van der Waals surface area contributed by atoms with Crippen LogP contribution in [0.4, 0.5) is 27.5 Å². The fraction of sp³-hybridized carbons (Fsp3) is 0.405. The van der Waals surface area contributed by atoms with Crippen LogP contribution in [-0.4, -0.2) is 97.4 Å². The van der Waals surface area contributed by atoms with Crippen LogP contribution in [0.1, 0.15) is 27.2 Å². The second kappa shape index (κ2) is 16.3. The van der Waals surface area contributed by atoms with Crippen molar-refractivity contribution in [2.45, 2.75) is 44.5 Å². The topological polar surface area (TPSA) is 42.5 Å². The van der Waals surface area contributed by atoms with E-state index in [1.807, 2.05) is 20.8 Å².